The van der Waals surface area contributed by atoms with Crippen molar-refractivity contribution in [3.05, 3.63) is 77.4 Å². The maximum Gasteiger partial charge on any atom is 0.120 e. The lowest BCUT2D eigenvalue weighted by molar-refractivity contribution is 0.304. The first-order valence-corrected chi connectivity index (χ1v) is 9.46. The summed E-state index contributed by atoms with van der Waals surface area (Å²) in [6.07, 6.45) is 4.06. The highest BCUT2D eigenvalue weighted by Crippen LogP contribution is 2.17. The fourth-order valence-corrected chi connectivity index (χ4v) is 2.59. The number of hydrogen-bond donors (Lipinski definition) is 0. The molecule has 2 heteroatoms. The second kappa shape index (κ2) is 10.00. The predicted octanol–water partition coefficient (Wildman–Crippen LogP) is 5.61. The maximum absolute atomic E-state index is 5.99. The van der Waals surface area contributed by atoms with Crippen LogP contribution in [-0.2, 0) is 13.2 Å². The number of ether oxygens (including phenoxy) is 1. The van der Waals surface area contributed by atoms with Gasteiger partial charge in [0, 0.05) is 18.5 Å². The fourth-order valence-electron chi connectivity index (χ4n) is 2.59. The van der Waals surface area contributed by atoms with E-state index in [9.17, 15) is 0 Å². The molecular formula is C25H31NO. The zero-order valence-electron chi connectivity index (χ0n) is 17.3. The molecule has 0 heterocycles. The SMILES string of the molecule is Cc1ccccc1COc1cccc(CN(C)CC=CC#CC(C)(C)C)c1. The quantitative estimate of drug-likeness (QED) is 0.594. The molecule has 2 aromatic rings. The van der Waals surface area contributed by atoms with Gasteiger partial charge in [0.05, 0.1) is 0 Å². The third kappa shape index (κ3) is 8.15. The molecule has 0 aromatic heterocycles. The summed E-state index contributed by atoms with van der Waals surface area (Å²) in [6, 6.07) is 16.7. The standard InChI is InChI=1S/C25H31NO/c1-21-12-7-8-14-23(21)20-27-24-15-11-13-22(18-24)19-26(5)17-10-6-9-16-25(2,3)4/h6-8,10-15,18H,17,19-20H2,1-5H3. The number of benzene rings is 2. The van der Waals surface area contributed by atoms with Gasteiger partial charge in [-0.3, -0.25) is 4.90 Å². The highest BCUT2D eigenvalue weighted by atomic mass is 16.5. The third-order valence-corrected chi connectivity index (χ3v) is 4.07. The molecule has 0 atom stereocenters. The van der Waals surface area contributed by atoms with E-state index in [2.05, 4.69) is 100 Å². The summed E-state index contributed by atoms with van der Waals surface area (Å²) in [5, 5.41) is 0. The van der Waals surface area contributed by atoms with Crippen LogP contribution in [0.3, 0.4) is 0 Å². The molecule has 0 aliphatic carbocycles. The zero-order valence-corrected chi connectivity index (χ0v) is 17.3. The number of allylic oxidation sites excluding steroid dienone is 1. The summed E-state index contributed by atoms with van der Waals surface area (Å²) in [7, 11) is 2.11. The van der Waals surface area contributed by atoms with Gasteiger partial charge in [0.25, 0.3) is 0 Å². The van der Waals surface area contributed by atoms with Crippen LogP contribution in [-0.4, -0.2) is 18.5 Å². The zero-order chi connectivity index (χ0) is 19.7. The molecule has 2 aromatic carbocycles. The van der Waals surface area contributed by atoms with Crippen molar-refractivity contribution in [2.45, 2.75) is 40.8 Å². The highest BCUT2D eigenvalue weighted by Gasteiger charge is 2.03. The monoisotopic (exact) mass is 361 g/mol. The molecule has 142 valence electrons. The Labute approximate surface area is 164 Å². The van der Waals surface area contributed by atoms with Crippen molar-refractivity contribution in [3.8, 4) is 17.6 Å². The Hall–Kier alpha value is -2.50. The molecule has 0 fully saturated rings. The third-order valence-electron chi connectivity index (χ3n) is 4.07. The van der Waals surface area contributed by atoms with Crippen molar-refractivity contribution in [1.82, 2.24) is 4.90 Å². The van der Waals surface area contributed by atoms with Gasteiger partial charge in [0.1, 0.15) is 12.4 Å². The Morgan fingerprint density at radius 1 is 1.07 bits per heavy atom. The van der Waals surface area contributed by atoms with E-state index in [1.54, 1.807) is 0 Å². The Morgan fingerprint density at radius 3 is 2.59 bits per heavy atom. The van der Waals surface area contributed by atoms with Crippen molar-refractivity contribution in [3.63, 3.8) is 0 Å². The Morgan fingerprint density at radius 2 is 1.85 bits per heavy atom. The van der Waals surface area contributed by atoms with Gasteiger partial charge in [-0.25, -0.2) is 0 Å². The van der Waals surface area contributed by atoms with E-state index >= 15 is 0 Å². The van der Waals surface area contributed by atoms with Gasteiger partial charge in [-0.2, -0.15) is 0 Å². The van der Waals surface area contributed by atoms with Crippen LogP contribution in [0.5, 0.6) is 5.75 Å². The van der Waals surface area contributed by atoms with Crippen molar-refractivity contribution >= 4 is 0 Å². The van der Waals surface area contributed by atoms with E-state index in [1.165, 1.54) is 16.7 Å². The van der Waals surface area contributed by atoms with Gasteiger partial charge < -0.3 is 4.74 Å². The topological polar surface area (TPSA) is 12.5 Å². The molecular weight excluding hydrogens is 330 g/mol. The number of nitrogens with zero attached hydrogens (tertiary/aromatic N) is 1. The number of likely N-dealkylation sites (N-methyl/N-ethyl adjacent to an activating group) is 1. The second-order valence-electron chi connectivity index (χ2n) is 7.98. The van der Waals surface area contributed by atoms with Gasteiger partial charge in [-0.15, -0.1) is 0 Å². The van der Waals surface area contributed by atoms with Crippen molar-refractivity contribution in [2.75, 3.05) is 13.6 Å². The molecule has 0 aliphatic heterocycles. The number of hydrogen-bond acceptors (Lipinski definition) is 2. The fraction of sp³-hybridized carbons (Fsp3) is 0.360. The first-order chi connectivity index (χ1) is 12.8. The van der Waals surface area contributed by atoms with Crippen LogP contribution in [0.15, 0.2) is 60.7 Å². The van der Waals surface area contributed by atoms with Gasteiger partial charge in [-0.05, 0) is 69.6 Å². The van der Waals surface area contributed by atoms with Crippen molar-refractivity contribution in [2.24, 2.45) is 5.41 Å². The predicted molar refractivity (Wildman–Crippen MR) is 115 cm³/mol. The molecule has 0 unspecified atom stereocenters. The second-order valence-corrected chi connectivity index (χ2v) is 7.98. The summed E-state index contributed by atoms with van der Waals surface area (Å²) >= 11 is 0. The van der Waals surface area contributed by atoms with E-state index in [0.29, 0.717) is 6.61 Å². The van der Waals surface area contributed by atoms with Crippen LogP contribution in [0.2, 0.25) is 0 Å². The van der Waals surface area contributed by atoms with E-state index in [1.807, 2.05) is 12.1 Å². The van der Waals surface area contributed by atoms with Gasteiger partial charge in [0.15, 0.2) is 0 Å². The average molecular weight is 362 g/mol. The van der Waals surface area contributed by atoms with Gasteiger partial charge >= 0.3 is 0 Å². The molecule has 0 spiro atoms. The highest BCUT2D eigenvalue weighted by molar-refractivity contribution is 5.30. The first kappa shape index (κ1) is 20.8. The number of aryl methyl sites for hydroxylation is 1. The van der Waals surface area contributed by atoms with Crippen LogP contribution in [0.25, 0.3) is 0 Å². The normalized spacial score (nSPS) is 11.5. The minimum Gasteiger partial charge on any atom is -0.489 e. The lowest BCUT2D eigenvalue weighted by atomic mass is 9.98. The molecule has 2 rings (SSSR count). The van der Waals surface area contributed by atoms with Crippen LogP contribution < -0.4 is 4.74 Å². The summed E-state index contributed by atoms with van der Waals surface area (Å²) in [6.45, 7) is 10.8. The van der Waals surface area contributed by atoms with E-state index in [4.69, 9.17) is 4.74 Å². The van der Waals surface area contributed by atoms with Crippen LogP contribution in [0.4, 0.5) is 0 Å². The van der Waals surface area contributed by atoms with Gasteiger partial charge in [0.2, 0.25) is 0 Å². The molecule has 0 aliphatic rings. The number of rotatable bonds is 7. The minimum atomic E-state index is 0.0506. The van der Waals surface area contributed by atoms with Crippen LogP contribution in [0.1, 0.15) is 37.5 Å². The van der Waals surface area contributed by atoms with E-state index < -0.39 is 0 Å². The lowest BCUT2D eigenvalue weighted by Gasteiger charge is -2.15. The smallest absolute Gasteiger partial charge is 0.120 e. The molecule has 2 nitrogen and oxygen atoms in total. The lowest BCUT2D eigenvalue weighted by Crippen LogP contribution is -2.17. The Kier molecular flexibility index (Phi) is 7.70. The van der Waals surface area contributed by atoms with E-state index in [-0.39, 0.29) is 5.41 Å². The largest absolute Gasteiger partial charge is 0.489 e. The van der Waals surface area contributed by atoms with Crippen molar-refractivity contribution in [1.29, 1.82) is 0 Å². The van der Waals surface area contributed by atoms with Crippen LogP contribution in [0, 0.1) is 24.2 Å². The minimum absolute atomic E-state index is 0.0506. The van der Waals surface area contributed by atoms with Gasteiger partial charge in [-0.1, -0.05) is 54.3 Å². The summed E-state index contributed by atoms with van der Waals surface area (Å²) in [5.41, 5.74) is 3.78. The molecule has 27 heavy (non-hydrogen) atoms. The summed E-state index contributed by atoms with van der Waals surface area (Å²) < 4.78 is 5.99. The Bertz CT molecular complexity index is 818. The molecule has 0 bridgehead atoms. The molecule has 0 radical (unpaired) electrons. The molecule has 0 saturated carbocycles. The molecule has 0 saturated heterocycles. The first-order valence-electron chi connectivity index (χ1n) is 9.46. The average Bonchev–Trinajstić information content (AvgIpc) is 2.60. The summed E-state index contributed by atoms with van der Waals surface area (Å²) in [5.74, 6) is 7.24. The molecule has 0 N–H and O–H groups in total. The summed E-state index contributed by atoms with van der Waals surface area (Å²) in [4.78, 5) is 2.26. The Balaban J connectivity index is 1.86. The molecule has 0 amide bonds. The van der Waals surface area contributed by atoms with Crippen molar-refractivity contribution < 1.29 is 4.74 Å². The van der Waals surface area contributed by atoms with Crippen LogP contribution >= 0.6 is 0 Å². The van der Waals surface area contributed by atoms with E-state index in [0.717, 1.165) is 18.8 Å². The maximum atomic E-state index is 5.99.